The average molecular weight is 433 g/mol. The fourth-order valence-electron chi connectivity index (χ4n) is 3.36. The van der Waals surface area contributed by atoms with Gasteiger partial charge < -0.3 is 14.6 Å². The van der Waals surface area contributed by atoms with E-state index in [1.54, 1.807) is 6.92 Å². The summed E-state index contributed by atoms with van der Waals surface area (Å²) in [6.45, 7) is 2.98. The first-order chi connectivity index (χ1) is 15.3. The number of anilines is 1. The number of imide groups is 1. The lowest BCUT2D eigenvalue weighted by Crippen LogP contribution is -2.31. The van der Waals surface area contributed by atoms with Crippen LogP contribution in [-0.2, 0) is 9.53 Å². The van der Waals surface area contributed by atoms with Crippen LogP contribution in [0, 0.1) is 6.92 Å². The Morgan fingerprint density at radius 3 is 2.47 bits per heavy atom. The van der Waals surface area contributed by atoms with Crippen molar-refractivity contribution >= 4 is 29.5 Å². The number of fused-ring (bicyclic) bond motifs is 1. The predicted molar refractivity (Wildman–Crippen MR) is 112 cm³/mol. The summed E-state index contributed by atoms with van der Waals surface area (Å²) in [7, 11) is 0. The van der Waals surface area contributed by atoms with Crippen LogP contribution in [0.25, 0.3) is 0 Å². The number of hydrogen-bond acceptors (Lipinski definition) is 7. The molecule has 0 saturated carbocycles. The van der Waals surface area contributed by atoms with Gasteiger partial charge in [-0.05, 0) is 37.6 Å². The summed E-state index contributed by atoms with van der Waals surface area (Å²) in [5.41, 5.74) is 1.15. The van der Waals surface area contributed by atoms with E-state index in [1.165, 1.54) is 24.3 Å². The molecule has 1 aromatic heterocycles. The molecule has 4 rings (SSSR count). The number of rotatable bonds is 6. The van der Waals surface area contributed by atoms with Gasteiger partial charge in [-0.2, -0.15) is 0 Å². The third kappa shape index (κ3) is 4.00. The van der Waals surface area contributed by atoms with E-state index in [-0.39, 0.29) is 28.6 Å². The first-order valence-electron chi connectivity index (χ1n) is 9.82. The summed E-state index contributed by atoms with van der Waals surface area (Å²) < 4.78 is 10.0. The average Bonchev–Trinajstić information content (AvgIpc) is 3.32. The van der Waals surface area contributed by atoms with Gasteiger partial charge in [-0.15, -0.1) is 0 Å². The molecule has 2 heterocycles. The molecular weight excluding hydrogens is 414 g/mol. The van der Waals surface area contributed by atoms with Gasteiger partial charge in [0, 0.05) is 6.07 Å². The molecule has 0 unspecified atom stereocenters. The number of carbonyl (C=O) groups excluding carboxylic acids is 4. The maximum absolute atomic E-state index is 12.7. The standard InChI is InChI=1S/C23H19N3O6/c1-13-10-19(25-32-13)26-21(28)17-9-8-16(11-18(17)22(26)29)23(30)31-12-20(27)24-14(2)15-6-4-3-5-7-15/h3-11,14H,12H2,1-2H3,(H,24,27)/t14-/m0/s1. The first-order valence-corrected chi connectivity index (χ1v) is 9.82. The third-order valence-corrected chi connectivity index (χ3v) is 4.98. The molecular formula is C23H19N3O6. The number of amides is 3. The van der Waals surface area contributed by atoms with Crippen LogP contribution >= 0.6 is 0 Å². The van der Waals surface area contributed by atoms with Gasteiger partial charge in [-0.3, -0.25) is 14.4 Å². The summed E-state index contributed by atoms with van der Waals surface area (Å²) in [5.74, 6) is -1.92. The van der Waals surface area contributed by atoms with E-state index in [9.17, 15) is 19.2 Å². The minimum Gasteiger partial charge on any atom is -0.452 e. The molecule has 0 saturated heterocycles. The summed E-state index contributed by atoms with van der Waals surface area (Å²) in [6, 6.07) is 14.6. The van der Waals surface area contributed by atoms with Crippen molar-refractivity contribution in [2.75, 3.05) is 11.5 Å². The van der Waals surface area contributed by atoms with Crippen LogP contribution in [0.5, 0.6) is 0 Å². The maximum Gasteiger partial charge on any atom is 0.338 e. The monoisotopic (exact) mass is 433 g/mol. The number of nitrogens with one attached hydrogen (secondary N) is 1. The number of benzene rings is 2. The van der Waals surface area contributed by atoms with Crippen molar-refractivity contribution in [2.24, 2.45) is 0 Å². The predicted octanol–water partition coefficient (Wildman–Crippen LogP) is 2.82. The molecule has 1 atom stereocenters. The summed E-state index contributed by atoms with van der Waals surface area (Å²) in [4.78, 5) is 50.7. The molecule has 0 spiro atoms. The van der Waals surface area contributed by atoms with Crippen molar-refractivity contribution in [3.63, 3.8) is 0 Å². The highest BCUT2D eigenvalue weighted by Gasteiger charge is 2.38. The highest BCUT2D eigenvalue weighted by molar-refractivity contribution is 6.34. The molecule has 3 amide bonds. The van der Waals surface area contributed by atoms with E-state index in [0.717, 1.165) is 10.5 Å². The van der Waals surface area contributed by atoms with Crippen molar-refractivity contribution < 1.29 is 28.4 Å². The lowest BCUT2D eigenvalue weighted by atomic mass is 10.1. The molecule has 9 heteroatoms. The van der Waals surface area contributed by atoms with Crippen LogP contribution in [-0.4, -0.2) is 35.5 Å². The molecule has 1 aliphatic rings. The van der Waals surface area contributed by atoms with Crippen LogP contribution in [0.15, 0.2) is 59.1 Å². The minimum atomic E-state index is -0.786. The summed E-state index contributed by atoms with van der Waals surface area (Å²) in [6.07, 6.45) is 0. The fraction of sp³-hybridized carbons (Fsp3) is 0.174. The van der Waals surface area contributed by atoms with Crippen LogP contribution < -0.4 is 10.2 Å². The Kier molecular flexibility index (Phi) is 5.55. The Balaban J connectivity index is 1.41. The van der Waals surface area contributed by atoms with Gasteiger partial charge in [-0.25, -0.2) is 9.69 Å². The van der Waals surface area contributed by atoms with Crippen LogP contribution in [0.4, 0.5) is 5.82 Å². The number of ether oxygens (including phenoxy) is 1. The Labute approximate surface area is 182 Å². The molecule has 0 aliphatic carbocycles. The van der Waals surface area contributed by atoms with Gasteiger partial charge >= 0.3 is 5.97 Å². The van der Waals surface area contributed by atoms with Gasteiger partial charge in [0.2, 0.25) is 0 Å². The first kappa shape index (κ1) is 21.0. The number of aryl methyl sites for hydroxylation is 1. The zero-order valence-corrected chi connectivity index (χ0v) is 17.3. The van der Waals surface area contributed by atoms with Gasteiger partial charge in [0.1, 0.15) is 5.76 Å². The van der Waals surface area contributed by atoms with Crippen molar-refractivity contribution in [1.82, 2.24) is 10.5 Å². The SMILES string of the molecule is Cc1cc(N2C(=O)c3ccc(C(=O)OCC(=O)N[C@@H](C)c4ccccc4)cc3C2=O)no1. The topological polar surface area (TPSA) is 119 Å². The summed E-state index contributed by atoms with van der Waals surface area (Å²) >= 11 is 0. The van der Waals surface area contributed by atoms with Gasteiger partial charge in [0.15, 0.2) is 12.4 Å². The van der Waals surface area contributed by atoms with Crippen LogP contribution in [0.3, 0.4) is 0 Å². The minimum absolute atomic E-state index is 0.0481. The zero-order chi connectivity index (χ0) is 22.8. The molecule has 1 aliphatic heterocycles. The molecule has 0 fully saturated rings. The van der Waals surface area contributed by atoms with Gasteiger partial charge in [0.25, 0.3) is 17.7 Å². The molecule has 2 aromatic carbocycles. The van der Waals surface area contributed by atoms with Crippen molar-refractivity contribution in [3.05, 3.63) is 82.6 Å². The maximum atomic E-state index is 12.7. The van der Waals surface area contributed by atoms with E-state index in [0.29, 0.717) is 5.76 Å². The smallest absolute Gasteiger partial charge is 0.338 e. The van der Waals surface area contributed by atoms with Gasteiger partial charge in [0.05, 0.1) is 22.7 Å². The molecule has 3 aromatic rings. The number of nitrogens with zero attached hydrogens (tertiary/aromatic N) is 2. The normalized spacial score (nSPS) is 13.6. The van der Waals surface area contributed by atoms with Crippen LogP contribution in [0.2, 0.25) is 0 Å². The Morgan fingerprint density at radius 2 is 1.78 bits per heavy atom. The third-order valence-electron chi connectivity index (χ3n) is 4.98. The fourth-order valence-corrected chi connectivity index (χ4v) is 3.36. The lowest BCUT2D eigenvalue weighted by Gasteiger charge is -2.14. The van der Waals surface area contributed by atoms with E-state index < -0.39 is 30.3 Å². The highest BCUT2D eigenvalue weighted by atomic mass is 16.5. The number of carbonyl (C=O) groups is 4. The largest absolute Gasteiger partial charge is 0.452 e. The van der Waals surface area contributed by atoms with Crippen LogP contribution in [0.1, 0.15) is 55.4 Å². The number of esters is 1. The number of aromatic nitrogens is 1. The van der Waals surface area contributed by atoms with Crippen molar-refractivity contribution in [3.8, 4) is 0 Å². The van der Waals surface area contributed by atoms with E-state index in [2.05, 4.69) is 10.5 Å². The molecule has 32 heavy (non-hydrogen) atoms. The second-order valence-electron chi connectivity index (χ2n) is 7.28. The molecule has 9 nitrogen and oxygen atoms in total. The Morgan fingerprint density at radius 1 is 1.06 bits per heavy atom. The van der Waals surface area contributed by atoms with E-state index >= 15 is 0 Å². The van der Waals surface area contributed by atoms with Crippen molar-refractivity contribution in [2.45, 2.75) is 19.9 Å². The zero-order valence-electron chi connectivity index (χ0n) is 17.3. The Bertz CT molecular complexity index is 1220. The summed E-state index contributed by atoms with van der Waals surface area (Å²) in [5, 5.41) is 6.45. The molecule has 0 radical (unpaired) electrons. The second-order valence-corrected chi connectivity index (χ2v) is 7.28. The van der Waals surface area contributed by atoms with E-state index in [4.69, 9.17) is 9.26 Å². The van der Waals surface area contributed by atoms with Crippen molar-refractivity contribution in [1.29, 1.82) is 0 Å². The van der Waals surface area contributed by atoms with E-state index in [1.807, 2.05) is 37.3 Å². The lowest BCUT2D eigenvalue weighted by molar-refractivity contribution is -0.124. The second kappa shape index (κ2) is 8.46. The quantitative estimate of drug-likeness (QED) is 0.469. The molecule has 0 bridgehead atoms. The molecule has 1 N–H and O–H groups in total. The highest BCUT2D eigenvalue weighted by Crippen LogP contribution is 2.29. The Hall–Kier alpha value is -4.27. The number of hydrogen-bond donors (Lipinski definition) is 1. The van der Waals surface area contributed by atoms with Gasteiger partial charge in [-0.1, -0.05) is 35.5 Å². The molecule has 162 valence electrons.